The zero-order valence-corrected chi connectivity index (χ0v) is 12.4. The first kappa shape index (κ1) is 14.8. The number of hydrogen-bond donors (Lipinski definition) is 1. The van der Waals surface area contributed by atoms with Crippen LogP contribution in [0.3, 0.4) is 0 Å². The van der Waals surface area contributed by atoms with E-state index in [2.05, 4.69) is 11.0 Å². The molecule has 0 amide bonds. The molecule has 2 rings (SSSR count). The molecule has 1 aliphatic carbocycles. The summed E-state index contributed by atoms with van der Waals surface area (Å²) in [5.74, 6) is 0.951. The number of fused-ring (bicyclic) bond motifs is 1. The fourth-order valence-electron chi connectivity index (χ4n) is 3.91. The zero-order valence-electron chi connectivity index (χ0n) is 12.4. The lowest BCUT2D eigenvalue weighted by atomic mass is 9.78. The molecule has 1 unspecified atom stereocenters. The van der Waals surface area contributed by atoms with Gasteiger partial charge in [0.05, 0.1) is 6.07 Å². The van der Waals surface area contributed by atoms with Crippen LogP contribution < -0.4 is 5.73 Å². The molecule has 3 nitrogen and oxygen atoms in total. The number of nitrogens with zero attached hydrogens (tertiary/aromatic N) is 2. The topological polar surface area (TPSA) is 53.1 Å². The third-order valence-electron chi connectivity index (χ3n) is 5.28. The van der Waals surface area contributed by atoms with Gasteiger partial charge in [-0.2, -0.15) is 5.26 Å². The highest BCUT2D eigenvalue weighted by molar-refractivity contribution is 5.03. The number of likely N-dealkylation sites (tertiary alicyclic amines) is 1. The summed E-state index contributed by atoms with van der Waals surface area (Å²) in [5, 5.41) is 9.12. The van der Waals surface area contributed by atoms with Gasteiger partial charge in [0.2, 0.25) is 0 Å². The number of nitriles is 1. The highest BCUT2D eigenvalue weighted by Crippen LogP contribution is 2.35. The maximum atomic E-state index is 9.12. The molecule has 0 bridgehead atoms. The molecule has 1 heterocycles. The van der Waals surface area contributed by atoms with Crippen LogP contribution in [-0.4, -0.2) is 29.6 Å². The summed E-state index contributed by atoms with van der Waals surface area (Å²) >= 11 is 0. The van der Waals surface area contributed by atoms with E-state index in [4.69, 9.17) is 11.0 Å². The van der Waals surface area contributed by atoms with Gasteiger partial charge in [0.25, 0.3) is 0 Å². The minimum Gasteiger partial charge on any atom is -0.313 e. The van der Waals surface area contributed by atoms with E-state index in [0.717, 1.165) is 37.8 Å². The average molecular weight is 263 g/mol. The van der Waals surface area contributed by atoms with Gasteiger partial charge in [-0.15, -0.1) is 0 Å². The molecule has 3 atom stereocenters. The Morgan fingerprint density at radius 1 is 1.26 bits per heavy atom. The predicted octanol–water partition coefficient (Wildman–Crippen LogP) is 3.05. The average Bonchev–Trinajstić information content (AvgIpc) is 2.47. The van der Waals surface area contributed by atoms with Crippen molar-refractivity contribution in [1.29, 1.82) is 5.26 Å². The Kier molecular flexibility index (Phi) is 5.24. The lowest BCUT2D eigenvalue weighted by Gasteiger charge is -2.44. The molecule has 0 aromatic heterocycles. The minimum atomic E-state index is -0.595. The molecule has 0 radical (unpaired) electrons. The van der Waals surface area contributed by atoms with Crippen molar-refractivity contribution in [3.8, 4) is 6.07 Å². The molecule has 1 saturated heterocycles. The van der Waals surface area contributed by atoms with Crippen molar-refractivity contribution in [2.24, 2.45) is 11.7 Å². The third-order valence-corrected chi connectivity index (χ3v) is 5.28. The Balaban J connectivity index is 1.80. The number of rotatable bonds is 5. The van der Waals surface area contributed by atoms with Gasteiger partial charge >= 0.3 is 0 Å². The fraction of sp³-hybridized carbons (Fsp3) is 0.938. The second kappa shape index (κ2) is 6.72. The van der Waals surface area contributed by atoms with Crippen LogP contribution in [0.15, 0.2) is 0 Å². The van der Waals surface area contributed by atoms with E-state index < -0.39 is 5.54 Å². The Hall–Kier alpha value is -0.590. The number of hydrogen-bond acceptors (Lipinski definition) is 3. The largest absolute Gasteiger partial charge is 0.313 e. The molecular formula is C16H29N3. The number of piperidine rings is 1. The van der Waals surface area contributed by atoms with Gasteiger partial charge in [0, 0.05) is 6.04 Å². The van der Waals surface area contributed by atoms with Crippen molar-refractivity contribution in [3.05, 3.63) is 0 Å². The summed E-state index contributed by atoms with van der Waals surface area (Å²) in [7, 11) is 0. The summed E-state index contributed by atoms with van der Waals surface area (Å²) in [6, 6.07) is 3.11. The molecule has 2 N–H and O–H groups in total. The monoisotopic (exact) mass is 263 g/mol. The lowest BCUT2D eigenvalue weighted by molar-refractivity contribution is 0.0587. The molecular weight excluding hydrogens is 234 g/mol. The first-order valence-corrected chi connectivity index (χ1v) is 8.13. The molecule has 0 aromatic rings. The minimum absolute atomic E-state index is 0.595. The Morgan fingerprint density at radius 3 is 2.74 bits per heavy atom. The van der Waals surface area contributed by atoms with E-state index in [1.807, 2.05) is 6.92 Å². The second-order valence-corrected chi connectivity index (χ2v) is 6.52. The molecule has 2 aliphatic rings. The SMILES string of the molecule is CCC(N)(C#N)CCCN1CCC[C@H]2CCCC[C@H]21. The molecule has 108 valence electrons. The van der Waals surface area contributed by atoms with E-state index in [-0.39, 0.29) is 0 Å². The van der Waals surface area contributed by atoms with E-state index >= 15 is 0 Å². The summed E-state index contributed by atoms with van der Waals surface area (Å²) in [5.41, 5.74) is 5.47. The standard InChI is InChI=1S/C16H29N3/c1-2-16(18,13-17)10-6-12-19-11-5-8-14-7-3-4-9-15(14)19/h14-15H,2-12,18H2,1H3/t14-,15-,16?/m1/s1. The van der Waals surface area contributed by atoms with Crippen LogP contribution in [0.4, 0.5) is 0 Å². The van der Waals surface area contributed by atoms with Crippen molar-refractivity contribution < 1.29 is 0 Å². The first-order chi connectivity index (χ1) is 9.18. The lowest BCUT2D eigenvalue weighted by Crippen LogP contribution is -2.47. The van der Waals surface area contributed by atoms with Gasteiger partial charge in [-0.25, -0.2) is 0 Å². The van der Waals surface area contributed by atoms with E-state index in [0.29, 0.717) is 0 Å². The van der Waals surface area contributed by atoms with Crippen molar-refractivity contribution in [2.45, 2.75) is 76.3 Å². The second-order valence-electron chi connectivity index (χ2n) is 6.52. The van der Waals surface area contributed by atoms with Crippen molar-refractivity contribution >= 4 is 0 Å². The van der Waals surface area contributed by atoms with Gasteiger partial charge in [-0.1, -0.05) is 19.8 Å². The maximum absolute atomic E-state index is 9.12. The fourth-order valence-corrected chi connectivity index (χ4v) is 3.91. The van der Waals surface area contributed by atoms with Crippen molar-refractivity contribution in [1.82, 2.24) is 4.90 Å². The Bertz CT molecular complexity index is 320. The van der Waals surface area contributed by atoms with Crippen LogP contribution >= 0.6 is 0 Å². The van der Waals surface area contributed by atoms with Gasteiger partial charge in [0.15, 0.2) is 0 Å². The van der Waals surface area contributed by atoms with Crippen LogP contribution in [0.25, 0.3) is 0 Å². The normalized spacial score (nSPS) is 31.2. The van der Waals surface area contributed by atoms with Crippen LogP contribution in [0, 0.1) is 17.2 Å². The quantitative estimate of drug-likeness (QED) is 0.829. The van der Waals surface area contributed by atoms with Crippen molar-refractivity contribution in [3.63, 3.8) is 0 Å². The van der Waals surface area contributed by atoms with Crippen LogP contribution in [0.1, 0.15) is 64.7 Å². The van der Waals surface area contributed by atoms with Gasteiger partial charge in [0.1, 0.15) is 5.54 Å². The van der Waals surface area contributed by atoms with Crippen LogP contribution in [0.2, 0.25) is 0 Å². The predicted molar refractivity (Wildman–Crippen MR) is 78.6 cm³/mol. The number of nitrogens with two attached hydrogens (primary N) is 1. The molecule has 0 spiro atoms. The maximum Gasteiger partial charge on any atom is 0.104 e. The highest BCUT2D eigenvalue weighted by atomic mass is 15.2. The summed E-state index contributed by atoms with van der Waals surface area (Å²) in [4.78, 5) is 2.70. The first-order valence-electron chi connectivity index (χ1n) is 8.13. The van der Waals surface area contributed by atoms with Gasteiger partial charge in [-0.05, 0) is 64.0 Å². The molecule has 2 fully saturated rings. The highest BCUT2D eigenvalue weighted by Gasteiger charge is 2.33. The van der Waals surface area contributed by atoms with E-state index in [1.165, 1.54) is 45.1 Å². The summed E-state index contributed by atoms with van der Waals surface area (Å²) < 4.78 is 0. The summed E-state index contributed by atoms with van der Waals surface area (Å²) in [6.45, 7) is 4.42. The van der Waals surface area contributed by atoms with Crippen LogP contribution in [-0.2, 0) is 0 Å². The smallest absolute Gasteiger partial charge is 0.104 e. The summed E-state index contributed by atoms with van der Waals surface area (Å²) in [6.07, 6.45) is 11.1. The molecule has 3 heteroatoms. The van der Waals surface area contributed by atoms with Gasteiger partial charge < -0.3 is 10.6 Å². The van der Waals surface area contributed by atoms with Crippen LogP contribution in [0.5, 0.6) is 0 Å². The van der Waals surface area contributed by atoms with E-state index in [1.54, 1.807) is 0 Å². The van der Waals surface area contributed by atoms with Gasteiger partial charge in [-0.3, -0.25) is 0 Å². The molecule has 19 heavy (non-hydrogen) atoms. The molecule has 1 saturated carbocycles. The van der Waals surface area contributed by atoms with E-state index in [9.17, 15) is 0 Å². The van der Waals surface area contributed by atoms with Crippen molar-refractivity contribution in [2.75, 3.05) is 13.1 Å². The Labute approximate surface area is 118 Å². The molecule has 1 aliphatic heterocycles. The molecule has 0 aromatic carbocycles. The Morgan fingerprint density at radius 2 is 2.00 bits per heavy atom. The zero-order chi connectivity index (χ0) is 13.7. The third kappa shape index (κ3) is 3.70.